The van der Waals surface area contributed by atoms with Crippen LogP contribution in [-0.4, -0.2) is 5.78 Å². The third kappa shape index (κ3) is 1.60. The molecule has 0 bridgehead atoms. The first-order chi connectivity index (χ1) is 5.13. The number of Topliss-reactive ketones (excluding diaryl/α,β-unsaturated/α-hetero) is 1. The third-order valence-electron chi connectivity index (χ3n) is 1.57. The number of halogens is 1. The molecule has 0 unspecified atom stereocenters. The second-order valence-electron chi connectivity index (χ2n) is 2.49. The smallest absolute Gasteiger partial charge is 0.161 e. The van der Waals surface area contributed by atoms with Crippen molar-refractivity contribution in [3.05, 3.63) is 34.3 Å². The van der Waals surface area contributed by atoms with Gasteiger partial charge in [-0.25, -0.2) is 0 Å². The van der Waals surface area contributed by atoms with Crippen molar-refractivity contribution >= 4 is 17.4 Å². The zero-order valence-corrected chi connectivity index (χ0v) is 7.27. The summed E-state index contributed by atoms with van der Waals surface area (Å²) in [6.45, 7) is 3.40. The Kier molecular flexibility index (Phi) is 2.30. The topological polar surface area (TPSA) is 17.1 Å². The summed E-state index contributed by atoms with van der Waals surface area (Å²) in [4.78, 5) is 10.9. The van der Waals surface area contributed by atoms with Crippen LogP contribution in [0, 0.1) is 6.92 Å². The van der Waals surface area contributed by atoms with E-state index in [9.17, 15) is 4.79 Å². The quantitative estimate of drug-likeness (QED) is 0.590. The van der Waals surface area contributed by atoms with E-state index in [4.69, 9.17) is 11.6 Å². The lowest BCUT2D eigenvalue weighted by Crippen LogP contribution is -1.93. The fourth-order valence-electron chi connectivity index (χ4n) is 0.919. The number of ketones is 1. The molecule has 0 fully saturated rings. The summed E-state index contributed by atoms with van der Waals surface area (Å²) < 4.78 is 0. The van der Waals surface area contributed by atoms with Crippen LogP contribution in [0.1, 0.15) is 22.8 Å². The Hall–Kier alpha value is -0.820. The van der Waals surface area contributed by atoms with Crippen LogP contribution < -0.4 is 0 Å². The van der Waals surface area contributed by atoms with Gasteiger partial charge in [-0.2, -0.15) is 0 Å². The molecule has 0 aromatic heterocycles. The normalized spacial score (nSPS) is 9.73. The van der Waals surface area contributed by atoms with Gasteiger partial charge in [0, 0.05) is 5.56 Å². The van der Waals surface area contributed by atoms with Crippen LogP contribution >= 0.6 is 11.6 Å². The summed E-state index contributed by atoms with van der Waals surface area (Å²) in [5.41, 5.74) is 1.55. The number of rotatable bonds is 1. The fourth-order valence-corrected chi connectivity index (χ4v) is 1.18. The fraction of sp³-hybridized carbons (Fsp3) is 0.222. The maximum absolute atomic E-state index is 10.9. The second-order valence-corrected chi connectivity index (χ2v) is 2.87. The van der Waals surface area contributed by atoms with E-state index in [0.717, 1.165) is 5.56 Å². The molecule has 1 nitrogen and oxygen atoms in total. The summed E-state index contributed by atoms with van der Waals surface area (Å²) in [7, 11) is 0. The summed E-state index contributed by atoms with van der Waals surface area (Å²) in [6.07, 6.45) is 0. The molecule has 0 atom stereocenters. The Morgan fingerprint density at radius 1 is 1.45 bits per heavy atom. The lowest BCUT2D eigenvalue weighted by Gasteiger charge is -2.01. The predicted octanol–water partition coefficient (Wildman–Crippen LogP) is 2.85. The average Bonchev–Trinajstić information content (AvgIpc) is 1.94. The Morgan fingerprint density at radius 2 is 2.09 bits per heavy atom. The SMILES string of the molecule is CC(=O)c1cccc(C)c1Cl. The molecule has 58 valence electrons. The largest absolute Gasteiger partial charge is 0.294 e. The molecule has 0 saturated heterocycles. The standard InChI is InChI=1S/C9H9ClO/c1-6-4-3-5-8(7(2)11)9(6)10/h3-5H,1-2H3. The van der Waals surface area contributed by atoms with E-state index in [0.29, 0.717) is 10.6 Å². The van der Waals surface area contributed by atoms with Gasteiger partial charge in [0.2, 0.25) is 0 Å². The van der Waals surface area contributed by atoms with Gasteiger partial charge in [-0.15, -0.1) is 0 Å². The van der Waals surface area contributed by atoms with Gasteiger partial charge in [-0.3, -0.25) is 4.79 Å². The molecule has 1 aromatic carbocycles. The molecule has 0 saturated carbocycles. The molecular formula is C9H9ClO. The van der Waals surface area contributed by atoms with Crippen LogP contribution in [0.3, 0.4) is 0 Å². The molecule has 0 heterocycles. The zero-order chi connectivity index (χ0) is 8.43. The van der Waals surface area contributed by atoms with Crippen molar-refractivity contribution in [2.75, 3.05) is 0 Å². The zero-order valence-electron chi connectivity index (χ0n) is 6.52. The van der Waals surface area contributed by atoms with Crippen LogP contribution in [0.15, 0.2) is 18.2 Å². The highest BCUT2D eigenvalue weighted by molar-refractivity contribution is 6.34. The molecule has 0 amide bonds. The van der Waals surface area contributed by atoms with E-state index in [2.05, 4.69) is 0 Å². The highest BCUT2D eigenvalue weighted by Crippen LogP contribution is 2.20. The number of aryl methyl sites for hydroxylation is 1. The van der Waals surface area contributed by atoms with Crippen LogP contribution in [-0.2, 0) is 0 Å². The molecule has 1 rings (SSSR count). The molecule has 11 heavy (non-hydrogen) atoms. The van der Waals surface area contributed by atoms with Crippen molar-refractivity contribution in [1.82, 2.24) is 0 Å². The number of carbonyl (C=O) groups excluding carboxylic acids is 1. The van der Waals surface area contributed by atoms with Crippen LogP contribution in [0.25, 0.3) is 0 Å². The van der Waals surface area contributed by atoms with Gasteiger partial charge in [-0.05, 0) is 25.5 Å². The first-order valence-corrected chi connectivity index (χ1v) is 3.77. The highest BCUT2D eigenvalue weighted by Gasteiger charge is 2.05. The van der Waals surface area contributed by atoms with Crippen LogP contribution in [0.4, 0.5) is 0 Å². The molecule has 0 aliphatic carbocycles. The molecule has 0 radical (unpaired) electrons. The molecule has 1 aromatic rings. The number of hydrogen-bond donors (Lipinski definition) is 0. The lowest BCUT2D eigenvalue weighted by molar-refractivity contribution is 0.101. The Bertz CT molecular complexity index is 292. The summed E-state index contributed by atoms with van der Waals surface area (Å²) in [6, 6.07) is 5.45. The molecule has 0 spiro atoms. The van der Waals surface area contributed by atoms with Crippen molar-refractivity contribution in [1.29, 1.82) is 0 Å². The summed E-state index contributed by atoms with van der Waals surface area (Å²) in [5.74, 6) is 0.0127. The van der Waals surface area contributed by atoms with E-state index >= 15 is 0 Å². The minimum atomic E-state index is 0.0127. The monoisotopic (exact) mass is 168 g/mol. The molecule has 0 aliphatic rings. The van der Waals surface area contributed by atoms with Gasteiger partial charge in [0.1, 0.15) is 0 Å². The van der Waals surface area contributed by atoms with Crippen molar-refractivity contribution in [2.24, 2.45) is 0 Å². The van der Waals surface area contributed by atoms with Crippen molar-refractivity contribution in [3.63, 3.8) is 0 Å². The number of benzene rings is 1. The second kappa shape index (κ2) is 3.05. The van der Waals surface area contributed by atoms with Crippen LogP contribution in [0.5, 0.6) is 0 Å². The van der Waals surface area contributed by atoms with Crippen molar-refractivity contribution in [3.8, 4) is 0 Å². The average molecular weight is 169 g/mol. The van der Waals surface area contributed by atoms with Gasteiger partial charge in [-0.1, -0.05) is 23.7 Å². The maximum Gasteiger partial charge on any atom is 0.161 e. The third-order valence-corrected chi connectivity index (χ3v) is 2.07. The van der Waals surface area contributed by atoms with E-state index in [-0.39, 0.29) is 5.78 Å². The molecule has 2 heteroatoms. The van der Waals surface area contributed by atoms with Crippen molar-refractivity contribution in [2.45, 2.75) is 13.8 Å². The maximum atomic E-state index is 10.9. The molecule has 0 N–H and O–H groups in total. The summed E-state index contributed by atoms with van der Waals surface area (Å²) >= 11 is 5.87. The van der Waals surface area contributed by atoms with Gasteiger partial charge in [0.15, 0.2) is 5.78 Å². The Balaban J connectivity index is 3.27. The molecular weight excluding hydrogens is 160 g/mol. The van der Waals surface area contributed by atoms with Crippen molar-refractivity contribution < 1.29 is 4.79 Å². The Labute approximate surface area is 71.0 Å². The van der Waals surface area contributed by atoms with Gasteiger partial charge in [0.25, 0.3) is 0 Å². The number of hydrogen-bond acceptors (Lipinski definition) is 1. The van der Waals surface area contributed by atoms with E-state index < -0.39 is 0 Å². The van der Waals surface area contributed by atoms with E-state index in [1.165, 1.54) is 6.92 Å². The van der Waals surface area contributed by atoms with Gasteiger partial charge in [0.05, 0.1) is 5.02 Å². The van der Waals surface area contributed by atoms with Gasteiger partial charge < -0.3 is 0 Å². The minimum absolute atomic E-state index is 0.0127. The first-order valence-electron chi connectivity index (χ1n) is 3.39. The highest BCUT2D eigenvalue weighted by atomic mass is 35.5. The van der Waals surface area contributed by atoms with Crippen LogP contribution in [0.2, 0.25) is 5.02 Å². The Morgan fingerprint density at radius 3 is 2.55 bits per heavy atom. The van der Waals surface area contributed by atoms with E-state index in [1.54, 1.807) is 6.07 Å². The lowest BCUT2D eigenvalue weighted by atomic mass is 10.1. The number of carbonyl (C=O) groups is 1. The minimum Gasteiger partial charge on any atom is -0.294 e. The summed E-state index contributed by atoms with van der Waals surface area (Å²) in [5, 5.41) is 0.569. The first kappa shape index (κ1) is 8.28. The molecule has 0 aliphatic heterocycles. The van der Waals surface area contributed by atoms with Gasteiger partial charge >= 0.3 is 0 Å². The predicted molar refractivity (Wildman–Crippen MR) is 46.2 cm³/mol. The van der Waals surface area contributed by atoms with E-state index in [1.807, 2.05) is 19.1 Å².